The van der Waals surface area contributed by atoms with Gasteiger partial charge in [0.1, 0.15) is 59.4 Å². The van der Waals surface area contributed by atoms with Crippen LogP contribution in [0.4, 0.5) is 5.69 Å². The molecule has 0 saturated carbocycles. The van der Waals surface area contributed by atoms with Gasteiger partial charge >= 0.3 is 0 Å². The van der Waals surface area contributed by atoms with E-state index in [0.717, 1.165) is 11.3 Å². The van der Waals surface area contributed by atoms with Gasteiger partial charge in [-0.2, -0.15) is 0 Å². The summed E-state index contributed by atoms with van der Waals surface area (Å²) < 4.78 is 12.9. The van der Waals surface area contributed by atoms with Gasteiger partial charge in [0.25, 0.3) is 0 Å². The average molecular weight is 695 g/mol. The van der Waals surface area contributed by atoms with Crippen LogP contribution in [-0.2, 0) is 22.6 Å². The number of aryl methyl sites for hydroxylation is 1. The minimum atomic E-state index is -2.25. The molecule has 0 fully saturated rings. The predicted molar refractivity (Wildman–Crippen MR) is 181 cm³/mol. The maximum Gasteiger partial charge on any atom is 0.193 e. The number of ether oxygens (including phenoxy) is 1. The Morgan fingerprint density at radius 3 is 2.62 bits per heavy atom. The van der Waals surface area contributed by atoms with E-state index < -0.39 is 48.8 Å². The summed E-state index contributed by atoms with van der Waals surface area (Å²) in [6.45, 7) is 2.25. The molecule has 6 rings (SSSR count). The zero-order valence-electron chi connectivity index (χ0n) is 27.7. The molecule has 0 radical (unpaired) electrons. The van der Waals surface area contributed by atoms with E-state index >= 15 is 0 Å². The van der Waals surface area contributed by atoms with E-state index in [2.05, 4.69) is 4.99 Å². The largest absolute Gasteiger partial charge is 0.508 e. The van der Waals surface area contributed by atoms with Gasteiger partial charge in [0.05, 0.1) is 24.2 Å². The summed E-state index contributed by atoms with van der Waals surface area (Å²) in [5.74, 6) is 0.875. The topological polar surface area (TPSA) is 215 Å². The summed E-state index contributed by atoms with van der Waals surface area (Å²) in [4.78, 5) is 31.2. The SMILES string of the molecule is Cc1cc(=O)c2cc3c(c(N4C=C5N=CC=C5C4)c2o1)O[C@](C)(CCCO)[C@H](OOC[C@@](O)(Cc1ccc(O)cc1)[C@@H](O)[C@H](O)[C@H](O)CO)C3. The van der Waals surface area contributed by atoms with Crippen LogP contribution in [-0.4, -0.2) is 104 Å². The van der Waals surface area contributed by atoms with Gasteiger partial charge in [0.15, 0.2) is 16.8 Å². The van der Waals surface area contributed by atoms with Gasteiger partial charge < -0.3 is 49.8 Å². The van der Waals surface area contributed by atoms with E-state index in [-0.39, 0.29) is 30.6 Å². The lowest BCUT2D eigenvalue weighted by Crippen LogP contribution is -2.58. The molecular formula is C36H42N2O12. The first kappa shape index (κ1) is 35.7. The third-order valence-electron chi connectivity index (χ3n) is 9.52. The molecule has 7 N–H and O–H groups in total. The number of aliphatic hydroxyl groups is 6. The smallest absolute Gasteiger partial charge is 0.193 e. The monoisotopic (exact) mass is 694 g/mol. The van der Waals surface area contributed by atoms with Crippen molar-refractivity contribution >= 4 is 22.9 Å². The van der Waals surface area contributed by atoms with Gasteiger partial charge in [0.2, 0.25) is 0 Å². The number of phenols is 1. The Balaban J connectivity index is 1.33. The molecule has 1 aromatic heterocycles. The van der Waals surface area contributed by atoms with E-state index in [1.165, 1.54) is 30.3 Å². The Kier molecular flexibility index (Phi) is 10.2. The molecule has 3 aliphatic heterocycles. The highest BCUT2D eigenvalue weighted by Crippen LogP contribution is 2.48. The lowest BCUT2D eigenvalue weighted by Gasteiger charge is -2.43. The number of phenolic OH excluding ortho intramolecular Hbond substituents is 1. The highest BCUT2D eigenvalue weighted by molar-refractivity contribution is 5.96. The number of allylic oxidation sites excluding steroid dienone is 1. The molecular weight excluding hydrogens is 652 g/mol. The maximum absolute atomic E-state index is 13.3. The van der Waals surface area contributed by atoms with Crippen LogP contribution < -0.4 is 15.1 Å². The van der Waals surface area contributed by atoms with Gasteiger partial charge in [-0.3, -0.25) is 9.79 Å². The van der Waals surface area contributed by atoms with E-state index in [1.54, 1.807) is 26.1 Å². The Morgan fingerprint density at radius 1 is 1.16 bits per heavy atom. The van der Waals surface area contributed by atoms with Gasteiger partial charge in [-0.1, -0.05) is 12.1 Å². The van der Waals surface area contributed by atoms with Crippen molar-refractivity contribution in [3.05, 3.63) is 87.1 Å². The fraction of sp³-hybridized carbons (Fsp3) is 0.444. The third kappa shape index (κ3) is 6.93. The van der Waals surface area contributed by atoms with Crippen LogP contribution in [0.1, 0.15) is 36.7 Å². The molecule has 14 nitrogen and oxygen atoms in total. The number of hydrogen-bond acceptors (Lipinski definition) is 14. The molecule has 50 heavy (non-hydrogen) atoms. The van der Waals surface area contributed by atoms with Gasteiger partial charge in [-0.15, -0.1) is 0 Å². The predicted octanol–water partition coefficient (Wildman–Crippen LogP) is 1.31. The Bertz CT molecular complexity index is 1870. The lowest BCUT2D eigenvalue weighted by molar-refractivity contribution is -0.371. The van der Waals surface area contributed by atoms with E-state index in [9.17, 15) is 40.5 Å². The first-order valence-electron chi connectivity index (χ1n) is 16.4. The number of benzene rings is 2. The molecule has 0 unspecified atom stereocenters. The number of nitrogens with zero attached hydrogens (tertiary/aromatic N) is 2. The Hall–Kier alpha value is -4.12. The van der Waals surface area contributed by atoms with Crippen molar-refractivity contribution in [2.75, 3.05) is 31.3 Å². The maximum atomic E-state index is 13.3. The molecule has 2 aromatic carbocycles. The lowest BCUT2D eigenvalue weighted by atomic mass is 9.85. The summed E-state index contributed by atoms with van der Waals surface area (Å²) >= 11 is 0. The van der Waals surface area contributed by atoms with Gasteiger partial charge in [-0.05, 0) is 56.5 Å². The highest BCUT2D eigenvalue weighted by atomic mass is 17.2. The second-order valence-corrected chi connectivity index (χ2v) is 13.3. The number of rotatable bonds is 14. The fourth-order valence-electron chi connectivity index (χ4n) is 6.65. The Morgan fingerprint density at radius 2 is 1.92 bits per heavy atom. The van der Waals surface area contributed by atoms with Crippen molar-refractivity contribution in [1.82, 2.24) is 0 Å². The third-order valence-corrected chi connectivity index (χ3v) is 9.52. The molecule has 3 aromatic rings. The number of anilines is 1. The minimum absolute atomic E-state index is 0.0217. The summed E-state index contributed by atoms with van der Waals surface area (Å²) in [5, 5.41) is 72.4. The van der Waals surface area contributed by atoms with Gasteiger partial charge in [0, 0.05) is 49.1 Å². The van der Waals surface area contributed by atoms with E-state index in [0.29, 0.717) is 58.7 Å². The molecule has 4 heterocycles. The van der Waals surface area contributed by atoms with Crippen LogP contribution in [0.5, 0.6) is 11.5 Å². The molecule has 14 heteroatoms. The first-order chi connectivity index (χ1) is 23.9. The molecule has 268 valence electrons. The fourth-order valence-corrected chi connectivity index (χ4v) is 6.65. The number of aromatic hydroxyl groups is 1. The molecule has 0 saturated heterocycles. The van der Waals surface area contributed by atoms with Crippen LogP contribution in [0.3, 0.4) is 0 Å². The zero-order valence-corrected chi connectivity index (χ0v) is 27.7. The second-order valence-electron chi connectivity index (χ2n) is 13.3. The summed E-state index contributed by atoms with van der Waals surface area (Å²) in [6.07, 6.45) is -0.540. The number of hydrogen-bond donors (Lipinski definition) is 7. The number of fused-ring (bicyclic) bond motifs is 3. The van der Waals surface area contributed by atoms with Crippen LogP contribution in [0.25, 0.3) is 11.0 Å². The number of aliphatic imine (C=N–C) groups is 1. The quantitative estimate of drug-likeness (QED) is 0.0938. The van der Waals surface area contributed by atoms with E-state index in [1.807, 2.05) is 17.2 Å². The Labute approximate surface area is 287 Å². The minimum Gasteiger partial charge on any atom is -0.508 e. The normalized spacial score (nSPS) is 22.7. The molecule has 0 bridgehead atoms. The van der Waals surface area contributed by atoms with Crippen molar-refractivity contribution < 1.29 is 54.7 Å². The average Bonchev–Trinajstić information content (AvgIpc) is 3.70. The zero-order chi connectivity index (χ0) is 35.8. The summed E-state index contributed by atoms with van der Waals surface area (Å²) in [7, 11) is 0. The van der Waals surface area contributed by atoms with Crippen LogP contribution in [0.15, 0.2) is 74.1 Å². The van der Waals surface area contributed by atoms with E-state index in [4.69, 9.17) is 18.9 Å². The van der Waals surface area contributed by atoms with Crippen molar-refractivity contribution in [1.29, 1.82) is 0 Å². The first-order valence-corrected chi connectivity index (χ1v) is 16.4. The van der Waals surface area contributed by atoms with Crippen LogP contribution in [0.2, 0.25) is 0 Å². The van der Waals surface area contributed by atoms with Crippen molar-refractivity contribution in [2.45, 2.75) is 75.1 Å². The number of aliphatic hydroxyl groups excluding tert-OH is 5. The summed E-state index contributed by atoms with van der Waals surface area (Å²) in [5.41, 5.74) is 0.154. The molecule has 0 aliphatic carbocycles. The molecule has 0 spiro atoms. The highest BCUT2D eigenvalue weighted by Gasteiger charge is 2.47. The molecule has 3 aliphatic rings. The summed E-state index contributed by atoms with van der Waals surface area (Å²) in [6, 6.07) is 8.89. The van der Waals surface area contributed by atoms with Gasteiger partial charge in [-0.25, -0.2) is 9.78 Å². The standard InChI is InChI=1S/C36H42N2O12/c1-20-12-27(42)25-13-23-14-29(50-47-19-36(46,34(45)31(44)28(43)18-40)15-21-4-6-24(41)7-5-21)35(2,9-3-11-39)49-32(23)30(33(25)48-20)38-16-22-8-10-37-26(22)17-38/h4-8,10,12-13,17,28-29,31,34,39-41,43-46H,3,9,11,14-16,18-19H2,1-2H3/t28-,29-,31-,34+,35-,36+/m1/s1. The molecule has 0 amide bonds. The van der Waals surface area contributed by atoms with Crippen molar-refractivity contribution in [2.24, 2.45) is 4.99 Å². The van der Waals surface area contributed by atoms with Crippen LogP contribution in [0, 0.1) is 6.92 Å². The van der Waals surface area contributed by atoms with Crippen molar-refractivity contribution in [3.63, 3.8) is 0 Å². The molecule has 6 atom stereocenters. The second kappa shape index (κ2) is 14.2. The van der Waals surface area contributed by atoms with Crippen LogP contribution >= 0.6 is 0 Å². The van der Waals surface area contributed by atoms with Crippen molar-refractivity contribution in [3.8, 4) is 11.5 Å².